The first-order chi connectivity index (χ1) is 18.4. The molecule has 2 aromatic carbocycles. The number of fused-ring (bicyclic) bond motifs is 1. The lowest BCUT2D eigenvalue weighted by molar-refractivity contribution is -0.122. The molecule has 1 aliphatic rings. The monoisotopic (exact) mass is 524 g/mol. The molecule has 1 atom stereocenters. The van der Waals surface area contributed by atoms with Crippen LogP contribution in [0.4, 0.5) is 5.82 Å². The van der Waals surface area contributed by atoms with Gasteiger partial charge in [0.1, 0.15) is 5.82 Å². The van der Waals surface area contributed by atoms with Crippen molar-refractivity contribution in [2.24, 2.45) is 0 Å². The molecule has 0 saturated heterocycles. The molecule has 5 rings (SSSR count). The number of Topliss-reactive ketones (excluding diaryl/α,β-unsaturated/α-hetero) is 1. The van der Waals surface area contributed by atoms with Crippen molar-refractivity contribution in [1.82, 2.24) is 14.9 Å². The zero-order valence-electron chi connectivity index (χ0n) is 20.7. The van der Waals surface area contributed by atoms with E-state index < -0.39 is 6.04 Å². The van der Waals surface area contributed by atoms with Crippen molar-refractivity contribution in [3.05, 3.63) is 124 Å². The molecule has 0 saturated carbocycles. The second-order valence-electron chi connectivity index (χ2n) is 9.33. The third-order valence-corrected chi connectivity index (χ3v) is 6.78. The highest BCUT2D eigenvalue weighted by molar-refractivity contribution is 6.30. The number of carbonyl (C=O) groups excluding carboxylic acids is 3. The SMILES string of the molecule is Cc1ccnc(NC(=O)c2ccc(CN3C(=O)c4ccc(Cl)cc4CC(=O)[C@H]3Cc3cccnc3)cc2)c1. The summed E-state index contributed by atoms with van der Waals surface area (Å²) in [5.41, 5.74) is 4.21. The first kappa shape index (κ1) is 25.3. The van der Waals surface area contributed by atoms with Gasteiger partial charge >= 0.3 is 0 Å². The van der Waals surface area contributed by atoms with E-state index in [4.69, 9.17) is 11.6 Å². The lowest BCUT2D eigenvalue weighted by atomic mass is 9.98. The van der Waals surface area contributed by atoms with Crippen LogP contribution in [0.1, 0.15) is 43.0 Å². The number of aryl methyl sites for hydroxylation is 1. The van der Waals surface area contributed by atoms with Crippen molar-refractivity contribution < 1.29 is 14.4 Å². The quantitative estimate of drug-likeness (QED) is 0.380. The van der Waals surface area contributed by atoms with Crippen molar-refractivity contribution in [1.29, 1.82) is 0 Å². The van der Waals surface area contributed by atoms with Gasteiger partial charge in [-0.25, -0.2) is 4.98 Å². The third kappa shape index (κ3) is 5.63. The van der Waals surface area contributed by atoms with Crippen LogP contribution < -0.4 is 5.32 Å². The molecule has 0 bridgehead atoms. The summed E-state index contributed by atoms with van der Waals surface area (Å²) in [5.74, 6) is -0.102. The van der Waals surface area contributed by atoms with E-state index in [9.17, 15) is 14.4 Å². The standard InChI is InChI=1S/C30H25ClN4O3/c1-19-10-12-33-28(13-19)34-29(37)22-6-4-20(5-7-22)18-35-26(14-21-3-2-11-32-17-21)27(36)16-23-15-24(31)8-9-25(23)30(35)38/h2-13,15,17,26H,14,16,18H2,1H3,(H,33,34,37)/t26-/m1/s1. The number of rotatable bonds is 6. The molecular formula is C30H25ClN4O3. The summed E-state index contributed by atoms with van der Waals surface area (Å²) in [7, 11) is 0. The maximum absolute atomic E-state index is 13.7. The summed E-state index contributed by atoms with van der Waals surface area (Å²) in [4.78, 5) is 49.9. The van der Waals surface area contributed by atoms with Crippen LogP contribution in [0.5, 0.6) is 0 Å². The Morgan fingerprint density at radius 2 is 1.84 bits per heavy atom. The first-order valence-electron chi connectivity index (χ1n) is 12.2. The topological polar surface area (TPSA) is 92.3 Å². The second kappa shape index (κ2) is 10.9. The lowest BCUT2D eigenvalue weighted by Crippen LogP contribution is -2.44. The summed E-state index contributed by atoms with van der Waals surface area (Å²) in [6.45, 7) is 2.13. The Bertz CT molecular complexity index is 1510. The average Bonchev–Trinajstić information content (AvgIpc) is 2.99. The normalized spacial score (nSPS) is 15.1. The number of hydrogen-bond acceptors (Lipinski definition) is 5. The first-order valence-corrected chi connectivity index (χ1v) is 12.6. The molecule has 4 aromatic rings. The average molecular weight is 525 g/mol. The minimum absolute atomic E-state index is 0.0649. The van der Waals surface area contributed by atoms with E-state index >= 15 is 0 Å². The largest absolute Gasteiger partial charge is 0.324 e. The number of ketones is 1. The van der Waals surface area contributed by atoms with E-state index in [-0.39, 0.29) is 30.6 Å². The summed E-state index contributed by atoms with van der Waals surface area (Å²) >= 11 is 6.18. The number of aromatic nitrogens is 2. The van der Waals surface area contributed by atoms with Crippen LogP contribution >= 0.6 is 11.6 Å². The third-order valence-electron chi connectivity index (χ3n) is 6.55. The number of nitrogens with zero attached hydrogens (tertiary/aromatic N) is 3. The summed E-state index contributed by atoms with van der Waals surface area (Å²) in [6.07, 6.45) is 5.49. The Morgan fingerprint density at radius 3 is 2.58 bits per heavy atom. The van der Waals surface area contributed by atoms with Crippen molar-refractivity contribution in [2.45, 2.75) is 32.4 Å². The molecule has 3 heterocycles. The molecule has 0 radical (unpaired) electrons. The minimum Gasteiger partial charge on any atom is -0.324 e. The number of amides is 2. The molecule has 2 aromatic heterocycles. The molecule has 0 aliphatic carbocycles. The van der Waals surface area contributed by atoms with Crippen molar-refractivity contribution in [3.63, 3.8) is 0 Å². The van der Waals surface area contributed by atoms with Crippen LogP contribution in [0.3, 0.4) is 0 Å². The Balaban J connectivity index is 1.41. The van der Waals surface area contributed by atoms with Gasteiger partial charge in [0.05, 0.1) is 6.04 Å². The number of anilines is 1. The Hall–Kier alpha value is -4.36. The fourth-order valence-electron chi connectivity index (χ4n) is 4.59. The van der Waals surface area contributed by atoms with Gasteiger partial charge in [-0.2, -0.15) is 0 Å². The van der Waals surface area contributed by atoms with E-state index in [1.165, 1.54) is 0 Å². The number of hydrogen-bond donors (Lipinski definition) is 1. The summed E-state index contributed by atoms with van der Waals surface area (Å²) in [5, 5.41) is 3.28. The van der Waals surface area contributed by atoms with Gasteiger partial charge in [0, 0.05) is 54.1 Å². The van der Waals surface area contributed by atoms with Gasteiger partial charge in [-0.3, -0.25) is 19.4 Å². The predicted molar refractivity (Wildman–Crippen MR) is 145 cm³/mol. The Morgan fingerprint density at radius 1 is 1.03 bits per heavy atom. The molecule has 7 nitrogen and oxygen atoms in total. The fourth-order valence-corrected chi connectivity index (χ4v) is 4.79. The lowest BCUT2D eigenvalue weighted by Gasteiger charge is -2.29. The molecule has 0 spiro atoms. The van der Waals surface area contributed by atoms with E-state index in [0.717, 1.165) is 16.7 Å². The van der Waals surface area contributed by atoms with Crippen molar-refractivity contribution in [2.75, 3.05) is 5.32 Å². The highest BCUT2D eigenvalue weighted by Crippen LogP contribution is 2.27. The number of carbonyl (C=O) groups is 3. The molecule has 38 heavy (non-hydrogen) atoms. The van der Waals surface area contributed by atoms with Gasteiger partial charge in [0.15, 0.2) is 5.78 Å². The van der Waals surface area contributed by atoms with E-state index in [1.807, 2.05) is 25.1 Å². The predicted octanol–water partition coefficient (Wildman–Crippen LogP) is 5.07. The van der Waals surface area contributed by atoms with Gasteiger partial charge in [0.25, 0.3) is 11.8 Å². The van der Waals surface area contributed by atoms with Crippen LogP contribution in [0.2, 0.25) is 5.02 Å². The minimum atomic E-state index is -0.673. The zero-order valence-corrected chi connectivity index (χ0v) is 21.5. The van der Waals surface area contributed by atoms with Crippen molar-refractivity contribution >= 4 is 35.0 Å². The van der Waals surface area contributed by atoms with Gasteiger partial charge in [-0.05, 0) is 77.7 Å². The molecule has 1 N–H and O–H groups in total. The smallest absolute Gasteiger partial charge is 0.256 e. The second-order valence-corrected chi connectivity index (χ2v) is 9.76. The van der Waals surface area contributed by atoms with Gasteiger partial charge in [-0.15, -0.1) is 0 Å². The molecule has 190 valence electrons. The van der Waals surface area contributed by atoms with Crippen LogP contribution in [0.25, 0.3) is 0 Å². The highest BCUT2D eigenvalue weighted by atomic mass is 35.5. The number of halogens is 1. The van der Waals surface area contributed by atoms with E-state index in [1.54, 1.807) is 72.0 Å². The van der Waals surface area contributed by atoms with Crippen LogP contribution in [0, 0.1) is 6.92 Å². The summed E-state index contributed by atoms with van der Waals surface area (Å²) < 4.78 is 0. The fraction of sp³-hybridized carbons (Fsp3) is 0.167. The molecule has 2 amide bonds. The molecular weight excluding hydrogens is 500 g/mol. The maximum Gasteiger partial charge on any atom is 0.256 e. The Kier molecular flexibility index (Phi) is 7.29. The molecule has 8 heteroatoms. The maximum atomic E-state index is 13.7. The molecule has 0 unspecified atom stereocenters. The Labute approximate surface area is 225 Å². The number of nitrogens with one attached hydrogen (secondary N) is 1. The van der Waals surface area contributed by atoms with Gasteiger partial charge in [0.2, 0.25) is 0 Å². The number of pyridine rings is 2. The summed E-state index contributed by atoms with van der Waals surface area (Å²) in [6, 6.07) is 18.7. The van der Waals surface area contributed by atoms with Crippen molar-refractivity contribution in [3.8, 4) is 0 Å². The number of benzene rings is 2. The van der Waals surface area contributed by atoms with Crippen LogP contribution in [0.15, 0.2) is 85.3 Å². The van der Waals surface area contributed by atoms with E-state index in [2.05, 4.69) is 15.3 Å². The van der Waals surface area contributed by atoms with E-state index in [0.29, 0.717) is 34.0 Å². The zero-order chi connectivity index (χ0) is 26.6. The van der Waals surface area contributed by atoms with Crippen LogP contribution in [-0.2, 0) is 24.2 Å². The highest BCUT2D eigenvalue weighted by Gasteiger charge is 2.35. The van der Waals surface area contributed by atoms with Gasteiger partial charge < -0.3 is 10.2 Å². The van der Waals surface area contributed by atoms with Gasteiger partial charge in [-0.1, -0.05) is 29.8 Å². The van der Waals surface area contributed by atoms with Crippen LogP contribution in [-0.4, -0.2) is 38.5 Å². The molecule has 0 fully saturated rings. The molecule has 1 aliphatic heterocycles.